The minimum atomic E-state index is -0.375. The molecule has 1 unspecified atom stereocenters. The van der Waals surface area contributed by atoms with Gasteiger partial charge in [-0.05, 0) is 19.9 Å². The summed E-state index contributed by atoms with van der Waals surface area (Å²) in [7, 11) is 0. The summed E-state index contributed by atoms with van der Waals surface area (Å²) in [6.45, 7) is 4.04. The van der Waals surface area contributed by atoms with Crippen LogP contribution in [0.4, 0.5) is 5.69 Å². The van der Waals surface area contributed by atoms with Crippen molar-refractivity contribution < 1.29 is 9.53 Å². The van der Waals surface area contributed by atoms with Crippen LogP contribution < -0.4 is 5.32 Å². The molecule has 0 saturated carbocycles. The molecule has 0 saturated heterocycles. The molecule has 0 radical (unpaired) electrons. The van der Waals surface area contributed by atoms with E-state index >= 15 is 0 Å². The summed E-state index contributed by atoms with van der Waals surface area (Å²) < 4.78 is 4.93. The number of ether oxygens (including phenoxy) is 1. The average molecular weight is 243 g/mol. The molecule has 4 nitrogen and oxygen atoms in total. The lowest BCUT2D eigenvalue weighted by molar-refractivity contribution is 0.0527. The van der Waals surface area contributed by atoms with Gasteiger partial charge in [-0.15, -0.1) is 11.6 Å². The van der Waals surface area contributed by atoms with Crippen LogP contribution in [0, 0.1) is 0 Å². The summed E-state index contributed by atoms with van der Waals surface area (Å²) in [5.74, 6) is 0.0878. The van der Waals surface area contributed by atoms with E-state index in [0.29, 0.717) is 23.7 Å². The van der Waals surface area contributed by atoms with Gasteiger partial charge < -0.3 is 10.1 Å². The molecule has 0 aliphatic rings. The average Bonchev–Trinajstić information content (AvgIpc) is 2.30. The first-order valence-electron chi connectivity index (χ1n) is 5.12. The fourth-order valence-electron chi connectivity index (χ4n) is 1.20. The van der Waals surface area contributed by atoms with Crippen LogP contribution in [0.5, 0.6) is 0 Å². The lowest BCUT2D eigenvalue weighted by Gasteiger charge is -2.14. The van der Waals surface area contributed by atoms with Gasteiger partial charge in [-0.25, -0.2) is 4.79 Å². The number of alkyl halides is 1. The van der Waals surface area contributed by atoms with Crippen LogP contribution in [-0.4, -0.2) is 29.5 Å². The van der Waals surface area contributed by atoms with Crippen molar-refractivity contribution in [1.82, 2.24) is 4.98 Å². The van der Waals surface area contributed by atoms with Gasteiger partial charge in [0.25, 0.3) is 0 Å². The summed E-state index contributed by atoms with van der Waals surface area (Å²) in [6, 6.07) is 1.81. The molecule has 0 aromatic carbocycles. The second-order valence-corrected chi connectivity index (χ2v) is 3.65. The van der Waals surface area contributed by atoms with E-state index in [4.69, 9.17) is 16.3 Å². The van der Waals surface area contributed by atoms with Crippen molar-refractivity contribution in [2.75, 3.05) is 17.8 Å². The molecule has 16 heavy (non-hydrogen) atoms. The maximum absolute atomic E-state index is 11.6. The highest BCUT2D eigenvalue weighted by Gasteiger charge is 2.13. The van der Waals surface area contributed by atoms with Crippen molar-refractivity contribution in [2.45, 2.75) is 19.9 Å². The normalized spacial score (nSPS) is 11.9. The number of aromatic nitrogens is 1. The molecular weight excluding hydrogens is 228 g/mol. The fourth-order valence-corrected chi connectivity index (χ4v) is 1.27. The Bertz CT molecular complexity index is 358. The molecule has 1 N–H and O–H groups in total. The van der Waals surface area contributed by atoms with Gasteiger partial charge in [0.1, 0.15) is 5.56 Å². The van der Waals surface area contributed by atoms with E-state index in [1.54, 1.807) is 19.2 Å². The Morgan fingerprint density at radius 3 is 3.06 bits per heavy atom. The van der Waals surface area contributed by atoms with Gasteiger partial charge in [0, 0.05) is 24.3 Å². The Morgan fingerprint density at radius 2 is 2.44 bits per heavy atom. The Morgan fingerprint density at radius 1 is 1.69 bits per heavy atom. The number of halogens is 1. The zero-order valence-electron chi connectivity index (χ0n) is 9.37. The number of nitrogens with one attached hydrogen (secondary N) is 1. The molecule has 1 atom stereocenters. The largest absolute Gasteiger partial charge is 0.462 e. The first-order chi connectivity index (χ1) is 7.69. The first-order valence-corrected chi connectivity index (χ1v) is 5.66. The van der Waals surface area contributed by atoms with Crippen molar-refractivity contribution in [2.24, 2.45) is 0 Å². The van der Waals surface area contributed by atoms with Crippen LogP contribution in [0.3, 0.4) is 0 Å². The van der Waals surface area contributed by atoms with Gasteiger partial charge in [0.05, 0.1) is 12.3 Å². The molecule has 0 aliphatic carbocycles. The third-order valence-corrected chi connectivity index (χ3v) is 2.41. The number of esters is 1. The summed E-state index contributed by atoms with van der Waals surface area (Å²) >= 11 is 5.70. The van der Waals surface area contributed by atoms with Crippen molar-refractivity contribution in [3.63, 3.8) is 0 Å². The second-order valence-electron chi connectivity index (χ2n) is 3.34. The van der Waals surface area contributed by atoms with E-state index in [0.717, 1.165) is 0 Å². The molecule has 0 fully saturated rings. The number of carbonyl (C=O) groups excluding carboxylic acids is 1. The zero-order chi connectivity index (χ0) is 12.0. The highest BCUT2D eigenvalue weighted by molar-refractivity contribution is 6.18. The minimum Gasteiger partial charge on any atom is -0.462 e. The third kappa shape index (κ3) is 3.38. The van der Waals surface area contributed by atoms with Gasteiger partial charge in [-0.2, -0.15) is 0 Å². The zero-order valence-corrected chi connectivity index (χ0v) is 10.1. The van der Waals surface area contributed by atoms with E-state index in [-0.39, 0.29) is 12.0 Å². The Labute approximate surface area is 100.0 Å². The SMILES string of the molecule is CCOC(=O)c1cnccc1NC(C)CCl. The number of hydrogen-bond acceptors (Lipinski definition) is 4. The molecule has 1 aromatic heterocycles. The topological polar surface area (TPSA) is 51.2 Å². The lowest BCUT2D eigenvalue weighted by Crippen LogP contribution is -2.19. The number of pyridine rings is 1. The number of nitrogens with zero attached hydrogens (tertiary/aromatic N) is 1. The smallest absolute Gasteiger partial charge is 0.341 e. The first kappa shape index (κ1) is 12.8. The predicted octanol–water partition coefficient (Wildman–Crippen LogP) is 2.30. The van der Waals surface area contributed by atoms with Gasteiger partial charge in [0.2, 0.25) is 0 Å². The van der Waals surface area contributed by atoms with E-state index < -0.39 is 0 Å². The van der Waals surface area contributed by atoms with Crippen LogP contribution in [0.15, 0.2) is 18.5 Å². The highest BCUT2D eigenvalue weighted by Crippen LogP contribution is 2.16. The van der Waals surface area contributed by atoms with E-state index in [1.807, 2.05) is 6.92 Å². The third-order valence-electron chi connectivity index (χ3n) is 1.95. The Balaban J connectivity index is 2.87. The molecule has 1 rings (SSSR count). The van der Waals surface area contributed by atoms with E-state index in [2.05, 4.69) is 10.3 Å². The summed E-state index contributed by atoms with van der Waals surface area (Å²) in [5.41, 5.74) is 1.13. The number of rotatable bonds is 5. The molecule has 1 heterocycles. The van der Waals surface area contributed by atoms with Crippen LogP contribution in [-0.2, 0) is 4.74 Å². The van der Waals surface area contributed by atoms with Crippen molar-refractivity contribution in [3.05, 3.63) is 24.0 Å². The van der Waals surface area contributed by atoms with Gasteiger partial charge in [-0.3, -0.25) is 4.98 Å². The predicted molar refractivity (Wildman–Crippen MR) is 64.0 cm³/mol. The van der Waals surface area contributed by atoms with Crippen LogP contribution in [0.2, 0.25) is 0 Å². The van der Waals surface area contributed by atoms with Crippen molar-refractivity contribution >= 4 is 23.3 Å². The molecule has 0 amide bonds. The molecule has 0 bridgehead atoms. The fraction of sp³-hybridized carbons (Fsp3) is 0.455. The number of anilines is 1. The van der Waals surface area contributed by atoms with Gasteiger partial charge >= 0.3 is 5.97 Å². The number of hydrogen-bond donors (Lipinski definition) is 1. The summed E-state index contributed by atoms with van der Waals surface area (Å²) in [6.07, 6.45) is 3.10. The summed E-state index contributed by atoms with van der Waals surface area (Å²) in [5, 5.41) is 3.13. The van der Waals surface area contributed by atoms with E-state index in [1.165, 1.54) is 6.20 Å². The lowest BCUT2D eigenvalue weighted by atomic mass is 10.2. The number of carbonyl (C=O) groups is 1. The van der Waals surface area contributed by atoms with Gasteiger partial charge in [0.15, 0.2) is 0 Å². The van der Waals surface area contributed by atoms with Crippen LogP contribution in [0.25, 0.3) is 0 Å². The highest BCUT2D eigenvalue weighted by atomic mass is 35.5. The quantitative estimate of drug-likeness (QED) is 0.636. The molecule has 0 spiro atoms. The van der Waals surface area contributed by atoms with Gasteiger partial charge in [-0.1, -0.05) is 0 Å². The Hall–Kier alpha value is -1.29. The second kappa shape index (κ2) is 6.33. The van der Waals surface area contributed by atoms with Crippen molar-refractivity contribution in [1.29, 1.82) is 0 Å². The molecule has 1 aromatic rings. The summed E-state index contributed by atoms with van der Waals surface area (Å²) in [4.78, 5) is 15.5. The molecular formula is C11H15ClN2O2. The monoisotopic (exact) mass is 242 g/mol. The maximum Gasteiger partial charge on any atom is 0.341 e. The molecule has 5 heteroatoms. The van der Waals surface area contributed by atoms with Crippen LogP contribution in [0.1, 0.15) is 24.2 Å². The van der Waals surface area contributed by atoms with Crippen LogP contribution >= 0.6 is 11.6 Å². The van der Waals surface area contributed by atoms with Crippen molar-refractivity contribution in [3.8, 4) is 0 Å². The standard InChI is InChI=1S/C11H15ClN2O2/c1-3-16-11(15)9-7-13-5-4-10(9)14-8(2)6-12/h4-5,7-8H,3,6H2,1-2H3,(H,13,14). The molecule has 88 valence electrons. The Kier molecular flexibility index (Phi) is 5.05. The maximum atomic E-state index is 11.6. The minimum absolute atomic E-state index is 0.0808. The molecule has 0 aliphatic heterocycles. The van der Waals surface area contributed by atoms with E-state index in [9.17, 15) is 4.79 Å².